The maximum Gasteiger partial charge on any atom is 0.0443 e. The smallest absolute Gasteiger partial charge is 0.0443 e. The van der Waals surface area contributed by atoms with Crippen LogP contribution >= 0.6 is 11.6 Å². The molecule has 1 heteroatoms. The second-order valence-corrected chi connectivity index (χ2v) is 4.42. The minimum absolute atomic E-state index is 0.749. The molecule has 0 N–H and O–H groups in total. The van der Waals surface area contributed by atoms with Crippen LogP contribution in [0.15, 0.2) is 18.2 Å². The van der Waals surface area contributed by atoms with Crippen molar-refractivity contribution in [2.75, 3.05) is 0 Å². The highest BCUT2D eigenvalue weighted by molar-refractivity contribution is 6.31. The van der Waals surface area contributed by atoms with Gasteiger partial charge in [0, 0.05) is 5.02 Å². The largest absolute Gasteiger partial charge is 0.0840 e. The van der Waals surface area contributed by atoms with E-state index in [0.29, 0.717) is 0 Å². The molecule has 0 nitrogen and oxygen atoms in total. The van der Waals surface area contributed by atoms with Crippen LogP contribution < -0.4 is 0 Å². The van der Waals surface area contributed by atoms with Gasteiger partial charge >= 0.3 is 0 Å². The fourth-order valence-electron chi connectivity index (χ4n) is 1.56. The van der Waals surface area contributed by atoms with Gasteiger partial charge in [-0.05, 0) is 41.9 Å². The molecule has 0 aromatic heterocycles. The van der Waals surface area contributed by atoms with Crippen LogP contribution in [-0.2, 0) is 0 Å². The summed E-state index contributed by atoms with van der Waals surface area (Å²) in [5.41, 5.74) is 2.60. The van der Waals surface area contributed by atoms with Crippen LogP contribution in [0.5, 0.6) is 0 Å². The van der Waals surface area contributed by atoms with E-state index in [4.69, 9.17) is 11.6 Å². The molecule has 1 aromatic carbocycles. The molecule has 1 aliphatic rings. The van der Waals surface area contributed by atoms with E-state index in [2.05, 4.69) is 32.0 Å². The predicted octanol–water partition coefficient (Wildman–Crippen LogP) is 4.18. The van der Waals surface area contributed by atoms with Crippen LogP contribution in [0.4, 0.5) is 0 Å². The highest BCUT2D eigenvalue weighted by Gasteiger charge is 2.25. The third-order valence-electron chi connectivity index (χ3n) is 2.59. The summed E-state index contributed by atoms with van der Waals surface area (Å²) in [6.07, 6.45) is 2.63. The Morgan fingerprint density at radius 3 is 2.46 bits per heavy atom. The molecule has 13 heavy (non-hydrogen) atoms. The molecule has 1 aliphatic carbocycles. The molecule has 1 fully saturated rings. The van der Waals surface area contributed by atoms with E-state index < -0.39 is 0 Å². The van der Waals surface area contributed by atoms with Gasteiger partial charge in [0.05, 0.1) is 0 Å². The van der Waals surface area contributed by atoms with E-state index in [-0.39, 0.29) is 0 Å². The Morgan fingerprint density at radius 1 is 1.31 bits per heavy atom. The lowest BCUT2D eigenvalue weighted by Gasteiger charge is -2.08. The van der Waals surface area contributed by atoms with E-state index >= 15 is 0 Å². The fourth-order valence-corrected chi connectivity index (χ4v) is 1.90. The summed E-state index contributed by atoms with van der Waals surface area (Å²) in [6, 6.07) is 6.45. The van der Waals surface area contributed by atoms with Gasteiger partial charge < -0.3 is 0 Å². The van der Waals surface area contributed by atoms with Gasteiger partial charge in [-0.15, -0.1) is 0 Å². The minimum Gasteiger partial charge on any atom is -0.0840 e. The average Bonchev–Trinajstić information content (AvgIpc) is 2.87. The topological polar surface area (TPSA) is 0 Å². The van der Waals surface area contributed by atoms with Crippen molar-refractivity contribution in [2.45, 2.75) is 32.6 Å². The summed E-state index contributed by atoms with van der Waals surface area (Å²) < 4.78 is 0. The number of benzene rings is 1. The van der Waals surface area contributed by atoms with Crippen molar-refractivity contribution in [3.05, 3.63) is 40.3 Å². The van der Waals surface area contributed by atoms with Crippen molar-refractivity contribution in [3.8, 4) is 0 Å². The van der Waals surface area contributed by atoms with Gasteiger partial charge in [-0.3, -0.25) is 0 Å². The quantitative estimate of drug-likeness (QED) is 0.661. The molecule has 2 rings (SSSR count). The van der Waals surface area contributed by atoms with Crippen LogP contribution in [0, 0.1) is 5.92 Å². The van der Waals surface area contributed by atoms with Crippen molar-refractivity contribution >= 4 is 11.6 Å². The first-order chi connectivity index (χ1) is 6.18. The predicted molar refractivity (Wildman–Crippen MR) is 57.1 cm³/mol. The lowest BCUT2D eigenvalue weighted by atomic mass is 10.0. The first-order valence-corrected chi connectivity index (χ1v) is 5.16. The third kappa shape index (κ3) is 1.88. The molecule has 0 aliphatic heterocycles. The molecule has 69 valence electrons. The second kappa shape index (κ2) is 3.34. The SMILES string of the molecule is C[C](C)c1ccc(C2CC2)c(Cl)c1. The van der Waals surface area contributed by atoms with E-state index in [1.807, 2.05) is 0 Å². The van der Waals surface area contributed by atoms with Gasteiger partial charge in [0.25, 0.3) is 0 Å². The molecule has 0 amide bonds. The van der Waals surface area contributed by atoms with Gasteiger partial charge in [0.15, 0.2) is 0 Å². The second-order valence-electron chi connectivity index (χ2n) is 4.01. The zero-order valence-electron chi connectivity index (χ0n) is 8.10. The van der Waals surface area contributed by atoms with Gasteiger partial charge in [-0.2, -0.15) is 0 Å². The van der Waals surface area contributed by atoms with Crippen molar-refractivity contribution in [1.29, 1.82) is 0 Å². The standard InChI is InChI=1S/C12H14Cl/c1-8(2)10-5-6-11(9-3-4-9)12(13)7-10/h5-7,9H,3-4H2,1-2H3. The molecular weight excluding hydrogens is 180 g/mol. The summed E-state index contributed by atoms with van der Waals surface area (Å²) in [7, 11) is 0. The molecular formula is C12H14Cl. The van der Waals surface area contributed by atoms with Gasteiger partial charge in [0.2, 0.25) is 0 Å². The van der Waals surface area contributed by atoms with Crippen molar-refractivity contribution in [3.63, 3.8) is 0 Å². The average molecular weight is 194 g/mol. The van der Waals surface area contributed by atoms with E-state index in [1.165, 1.54) is 29.9 Å². The molecule has 0 unspecified atom stereocenters. The zero-order chi connectivity index (χ0) is 9.42. The highest BCUT2D eigenvalue weighted by atomic mass is 35.5. The summed E-state index contributed by atoms with van der Waals surface area (Å²) in [4.78, 5) is 0. The molecule has 0 atom stereocenters. The fraction of sp³-hybridized carbons (Fsp3) is 0.417. The van der Waals surface area contributed by atoms with Gasteiger partial charge in [-0.25, -0.2) is 0 Å². The molecule has 1 saturated carbocycles. The lowest BCUT2D eigenvalue weighted by molar-refractivity contribution is 1.10. The van der Waals surface area contributed by atoms with E-state index in [0.717, 1.165) is 10.9 Å². The van der Waals surface area contributed by atoms with Crippen LogP contribution in [-0.4, -0.2) is 0 Å². The van der Waals surface area contributed by atoms with Crippen LogP contribution in [0.25, 0.3) is 0 Å². The maximum atomic E-state index is 6.20. The monoisotopic (exact) mass is 193 g/mol. The van der Waals surface area contributed by atoms with Crippen molar-refractivity contribution < 1.29 is 0 Å². The summed E-state index contributed by atoms with van der Waals surface area (Å²) >= 11 is 6.20. The highest BCUT2D eigenvalue weighted by Crippen LogP contribution is 2.43. The Morgan fingerprint density at radius 2 is 2.00 bits per heavy atom. The molecule has 0 heterocycles. The normalized spacial score (nSPS) is 16.6. The number of hydrogen-bond donors (Lipinski definition) is 0. The van der Waals surface area contributed by atoms with Crippen LogP contribution in [0.2, 0.25) is 5.02 Å². The Kier molecular flexibility index (Phi) is 2.33. The lowest BCUT2D eigenvalue weighted by Crippen LogP contribution is -1.90. The maximum absolute atomic E-state index is 6.20. The van der Waals surface area contributed by atoms with E-state index in [1.54, 1.807) is 0 Å². The first kappa shape index (κ1) is 9.08. The van der Waals surface area contributed by atoms with Crippen molar-refractivity contribution in [1.82, 2.24) is 0 Å². The summed E-state index contributed by atoms with van der Waals surface area (Å²) in [5.74, 6) is 2.07. The number of halogens is 1. The molecule has 1 aromatic rings. The zero-order valence-corrected chi connectivity index (χ0v) is 8.86. The van der Waals surface area contributed by atoms with Crippen LogP contribution in [0.3, 0.4) is 0 Å². The Balaban J connectivity index is 2.31. The van der Waals surface area contributed by atoms with Gasteiger partial charge in [0.1, 0.15) is 0 Å². The molecule has 0 spiro atoms. The van der Waals surface area contributed by atoms with E-state index in [9.17, 15) is 0 Å². The minimum atomic E-state index is 0.749. The number of hydrogen-bond acceptors (Lipinski definition) is 0. The number of rotatable bonds is 2. The van der Waals surface area contributed by atoms with Gasteiger partial charge in [-0.1, -0.05) is 37.6 Å². The van der Waals surface area contributed by atoms with Crippen LogP contribution in [0.1, 0.15) is 43.7 Å². The Bertz CT molecular complexity index is 311. The summed E-state index contributed by atoms with van der Waals surface area (Å²) in [6.45, 7) is 4.23. The molecule has 1 radical (unpaired) electrons. The Hall–Kier alpha value is -0.490. The molecule has 0 bridgehead atoms. The first-order valence-electron chi connectivity index (χ1n) is 4.78. The Labute approximate surface area is 84.9 Å². The summed E-state index contributed by atoms with van der Waals surface area (Å²) in [5, 5.41) is 0.946. The third-order valence-corrected chi connectivity index (χ3v) is 2.92. The van der Waals surface area contributed by atoms with Crippen molar-refractivity contribution in [2.24, 2.45) is 0 Å². The molecule has 0 saturated heterocycles.